The van der Waals surface area contributed by atoms with Crippen molar-refractivity contribution < 1.29 is 41.8 Å². The Balaban J connectivity index is 2.73. The number of esters is 2. The summed E-state index contributed by atoms with van der Waals surface area (Å²) >= 11 is 0. The second-order valence-corrected chi connectivity index (χ2v) is 6.71. The van der Waals surface area contributed by atoms with Crippen molar-refractivity contribution in [3.63, 3.8) is 0 Å². The lowest BCUT2D eigenvalue weighted by Crippen LogP contribution is -2.41. The molecular formula is C21H29F3N2O6. The van der Waals surface area contributed by atoms with Gasteiger partial charge < -0.3 is 24.4 Å². The maximum Gasteiger partial charge on any atom is 0.416 e. The highest BCUT2D eigenvalue weighted by atomic mass is 19.4. The molecule has 0 aliphatic carbocycles. The molecular weight excluding hydrogens is 433 g/mol. The first-order chi connectivity index (χ1) is 15.2. The fourth-order valence-corrected chi connectivity index (χ4v) is 2.67. The summed E-state index contributed by atoms with van der Waals surface area (Å²) in [4.78, 5) is 28.5. The molecule has 0 aliphatic rings. The van der Waals surface area contributed by atoms with Crippen LogP contribution in [-0.2, 0) is 34.8 Å². The van der Waals surface area contributed by atoms with Crippen LogP contribution in [0.3, 0.4) is 0 Å². The molecule has 1 N–H and O–H groups in total. The number of benzene rings is 1. The highest BCUT2D eigenvalue weighted by Crippen LogP contribution is 2.29. The molecule has 0 spiro atoms. The Labute approximate surface area is 185 Å². The Hall–Kier alpha value is -2.66. The van der Waals surface area contributed by atoms with E-state index in [4.69, 9.17) is 9.57 Å². The molecule has 0 saturated carbocycles. The van der Waals surface area contributed by atoms with Gasteiger partial charge in [0, 0.05) is 20.3 Å². The summed E-state index contributed by atoms with van der Waals surface area (Å²) in [5.41, 5.74) is 0.264. The molecule has 0 amide bonds. The number of methoxy groups -OCH3 is 3. The zero-order valence-electron chi connectivity index (χ0n) is 18.4. The molecule has 0 aromatic heterocycles. The number of carbonyl (C=O) groups is 2. The van der Waals surface area contributed by atoms with E-state index in [1.54, 1.807) is 7.11 Å². The molecule has 0 fully saturated rings. The third-order valence-corrected chi connectivity index (χ3v) is 4.40. The zero-order valence-corrected chi connectivity index (χ0v) is 18.4. The Morgan fingerprint density at radius 1 is 1.03 bits per heavy atom. The van der Waals surface area contributed by atoms with Crippen LogP contribution in [0.5, 0.6) is 0 Å². The molecule has 1 aromatic rings. The molecule has 0 aliphatic heterocycles. The first kappa shape index (κ1) is 27.4. The lowest BCUT2D eigenvalue weighted by Gasteiger charge is -2.15. The fourth-order valence-electron chi connectivity index (χ4n) is 2.67. The van der Waals surface area contributed by atoms with Crippen molar-refractivity contribution in [3.8, 4) is 0 Å². The third-order valence-electron chi connectivity index (χ3n) is 4.40. The number of ether oxygens (including phenoxy) is 3. The molecule has 180 valence electrons. The molecule has 1 rings (SSSR count). The highest BCUT2D eigenvalue weighted by Gasteiger charge is 2.30. The lowest BCUT2D eigenvalue weighted by atomic mass is 10.0. The molecule has 0 radical (unpaired) electrons. The Morgan fingerprint density at radius 3 is 2.28 bits per heavy atom. The smallest absolute Gasteiger partial charge is 0.416 e. The van der Waals surface area contributed by atoms with E-state index in [-0.39, 0.29) is 19.6 Å². The van der Waals surface area contributed by atoms with E-state index >= 15 is 0 Å². The largest absolute Gasteiger partial charge is 0.469 e. The second-order valence-electron chi connectivity index (χ2n) is 6.71. The van der Waals surface area contributed by atoms with Gasteiger partial charge in [-0.15, -0.1) is 0 Å². The van der Waals surface area contributed by atoms with Gasteiger partial charge >= 0.3 is 18.1 Å². The van der Waals surface area contributed by atoms with Crippen LogP contribution in [-0.4, -0.2) is 64.8 Å². The lowest BCUT2D eigenvalue weighted by molar-refractivity contribution is -0.149. The van der Waals surface area contributed by atoms with E-state index in [0.717, 1.165) is 18.6 Å². The number of alkyl halides is 3. The van der Waals surface area contributed by atoms with Crippen LogP contribution in [0.4, 0.5) is 13.2 Å². The Kier molecular flexibility index (Phi) is 12.3. The Bertz CT molecular complexity index is 738. The highest BCUT2D eigenvalue weighted by molar-refractivity contribution is 6.00. The first-order valence-electron chi connectivity index (χ1n) is 9.96. The minimum absolute atomic E-state index is 0.0525. The number of hydrogen-bond acceptors (Lipinski definition) is 8. The maximum absolute atomic E-state index is 12.8. The van der Waals surface area contributed by atoms with Gasteiger partial charge in [0.1, 0.15) is 12.6 Å². The molecule has 1 atom stereocenters. The van der Waals surface area contributed by atoms with Crippen molar-refractivity contribution >= 4 is 17.7 Å². The van der Waals surface area contributed by atoms with Crippen LogP contribution in [0, 0.1) is 0 Å². The van der Waals surface area contributed by atoms with Crippen LogP contribution < -0.4 is 5.32 Å². The Morgan fingerprint density at radius 2 is 1.72 bits per heavy atom. The molecule has 8 nitrogen and oxygen atoms in total. The molecule has 0 bridgehead atoms. The quantitative estimate of drug-likeness (QED) is 0.197. The van der Waals surface area contributed by atoms with Gasteiger partial charge in [-0.1, -0.05) is 17.3 Å². The van der Waals surface area contributed by atoms with Crippen molar-refractivity contribution in [1.82, 2.24) is 5.32 Å². The molecule has 0 heterocycles. The predicted molar refractivity (Wildman–Crippen MR) is 110 cm³/mol. The second kappa shape index (κ2) is 14.4. The van der Waals surface area contributed by atoms with Crippen molar-refractivity contribution in [1.29, 1.82) is 0 Å². The fraction of sp³-hybridized carbons (Fsp3) is 0.571. The van der Waals surface area contributed by atoms with Gasteiger partial charge in [0.25, 0.3) is 0 Å². The summed E-state index contributed by atoms with van der Waals surface area (Å²) in [6.45, 7) is 0.779. The number of nitrogens with zero attached hydrogens (tertiary/aromatic N) is 1. The molecule has 1 aromatic carbocycles. The minimum atomic E-state index is -4.42. The SMILES string of the molecule is COCCCC/C(=N\OCCNC(CC(=O)OC)C(=O)OC)c1ccc(C(F)(F)F)cc1. The van der Waals surface area contributed by atoms with E-state index in [0.29, 0.717) is 30.7 Å². The summed E-state index contributed by atoms with van der Waals surface area (Å²) < 4.78 is 52.6. The van der Waals surface area contributed by atoms with Gasteiger partial charge in [0.2, 0.25) is 0 Å². The van der Waals surface area contributed by atoms with Gasteiger partial charge in [0.05, 0.1) is 31.9 Å². The number of carbonyl (C=O) groups excluding carboxylic acids is 2. The van der Waals surface area contributed by atoms with Gasteiger partial charge in [0.15, 0.2) is 0 Å². The standard InChI is InChI=1S/C21H29F3N2O6/c1-29-12-5-4-6-17(15-7-9-16(10-8-15)21(22,23)24)26-32-13-11-25-18(20(28)31-3)14-19(27)30-2/h7-10,18,25H,4-6,11-14H2,1-3H3/b26-17+. The van der Waals surface area contributed by atoms with Gasteiger partial charge in [-0.25, -0.2) is 0 Å². The molecule has 0 saturated heterocycles. The van der Waals surface area contributed by atoms with Gasteiger partial charge in [-0.2, -0.15) is 13.2 Å². The van der Waals surface area contributed by atoms with Crippen molar-refractivity contribution in [2.75, 3.05) is 41.1 Å². The average molecular weight is 462 g/mol. The molecule has 11 heteroatoms. The number of unbranched alkanes of at least 4 members (excludes halogenated alkanes) is 1. The van der Waals surface area contributed by atoms with Crippen LogP contribution >= 0.6 is 0 Å². The number of rotatable bonds is 14. The number of oxime groups is 1. The van der Waals surface area contributed by atoms with E-state index in [9.17, 15) is 22.8 Å². The molecule has 1 unspecified atom stereocenters. The molecule has 32 heavy (non-hydrogen) atoms. The van der Waals surface area contributed by atoms with E-state index in [1.807, 2.05) is 0 Å². The summed E-state index contributed by atoms with van der Waals surface area (Å²) in [6.07, 6.45) is -2.68. The van der Waals surface area contributed by atoms with E-state index in [1.165, 1.54) is 26.4 Å². The van der Waals surface area contributed by atoms with Gasteiger partial charge in [-0.3, -0.25) is 9.59 Å². The average Bonchev–Trinajstić information content (AvgIpc) is 2.78. The van der Waals surface area contributed by atoms with Crippen molar-refractivity contribution in [3.05, 3.63) is 35.4 Å². The van der Waals surface area contributed by atoms with Crippen LogP contribution in [0.25, 0.3) is 0 Å². The first-order valence-corrected chi connectivity index (χ1v) is 9.96. The summed E-state index contributed by atoms with van der Waals surface area (Å²) in [6, 6.07) is 3.79. The monoisotopic (exact) mass is 462 g/mol. The maximum atomic E-state index is 12.8. The topological polar surface area (TPSA) is 95.5 Å². The normalized spacial score (nSPS) is 12.9. The summed E-state index contributed by atoms with van der Waals surface area (Å²) in [5.74, 6) is -1.20. The van der Waals surface area contributed by atoms with Crippen LogP contribution in [0.1, 0.15) is 36.8 Å². The van der Waals surface area contributed by atoms with Gasteiger partial charge in [-0.05, 0) is 37.0 Å². The number of hydrogen-bond donors (Lipinski definition) is 1. The third kappa shape index (κ3) is 10.1. The van der Waals surface area contributed by atoms with Crippen LogP contribution in [0.2, 0.25) is 0 Å². The van der Waals surface area contributed by atoms with Crippen molar-refractivity contribution in [2.24, 2.45) is 5.16 Å². The predicted octanol–water partition coefficient (Wildman–Crippen LogP) is 2.94. The van der Waals surface area contributed by atoms with E-state index in [2.05, 4.69) is 19.9 Å². The number of halogens is 3. The summed E-state index contributed by atoms with van der Waals surface area (Å²) in [5, 5.41) is 6.89. The summed E-state index contributed by atoms with van der Waals surface area (Å²) in [7, 11) is 4.00. The zero-order chi connectivity index (χ0) is 24.0. The van der Waals surface area contributed by atoms with Crippen LogP contribution in [0.15, 0.2) is 29.4 Å². The minimum Gasteiger partial charge on any atom is -0.469 e. The number of nitrogens with one attached hydrogen (secondary N) is 1. The van der Waals surface area contributed by atoms with E-state index < -0.39 is 29.7 Å². The van der Waals surface area contributed by atoms with Crippen molar-refractivity contribution in [2.45, 2.75) is 37.9 Å².